The molecular weight excluding hydrogens is 703 g/mol. The summed E-state index contributed by atoms with van der Waals surface area (Å²) in [6, 6.07) is 72.3. The van der Waals surface area contributed by atoms with Crippen LogP contribution in [0.2, 0.25) is 0 Å². The molecule has 274 valence electrons. The van der Waals surface area contributed by atoms with Crippen molar-refractivity contribution in [2.75, 3.05) is 4.90 Å². The molecule has 2 nitrogen and oxygen atoms in total. The van der Waals surface area contributed by atoms with Crippen molar-refractivity contribution in [3.63, 3.8) is 0 Å². The van der Waals surface area contributed by atoms with Crippen molar-refractivity contribution < 1.29 is 4.42 Å². The molecule has 0 N–H and O–H groups in total. The summed E-state index contributed by atoms with van der Waals surface area (Å²) in [4.78, 5) is 2.44. The summed E-state index contributed by atoms with van der Waals surface area (Å²) in [5, 5.41) is 7.32. The predicted octanol–water partition coefficient (Wildman–Crippen LogP) is 15.7. The van der Waals surface area contributed by atoms with Crippen LogP contribution in [-0.4, -0.2) is 0 Å². The maximum absolute atomic E-state index is 6.50. The van der Waals surface area contributed by atoms with Crippen LogP contribution >= 0.6 is 0 Å². The number of hydrogen-bond acceptors (Lipinski definition) is 2. The van der Waals surface area contributed by atoms with E-state index in [-0.39, 0.29) is 5.92 Å². The molecule has 0 saturated heterocycles. The van der Waals surface area contributed by atoms with Gasteiger partial charge in [0.05, 0.1) is 5.69 Å². The lowest BCUT2D eigenvalue weighted by molar-refractivity contribution is 0.657. The van der Waals surface area contributed by atoms with Crippen molar-refractivity contribution in [2.24, 2.45) is 0 Å². The Morgan fingerprint density at radius 3 is 2.00 bits per heavy atom. The van der Waals surface area contributed by atoms with Crippen molar-refractivity contribution in [2.45, 2.75) is 12.3 Å². The molecule has 0 bridgehead atoms. The van der Waals surface area contributed by atoms with E-state index in [2.05, 4.69) is 217 Å². The van der Waals surface area contributed by atoms with Gasteiger partial charge in [-0.05, 0) is 98.3 Å². The first kappa shape index (κ1) is 33.9. The van der Waals surface area contributed by atoms with Gasteiger partial charge in [-0.2, -0.15) is 0 Å². The average molecular weight is 742 g/mol. The molecule has 0 aliphatic heterocycles. The van der Waals surface area contributed by atoms with E-state index in [1.165, 1.54) is 65.9 Å². The van der Waals surface area contributed by atoms with Gasteiger partial charge in [-0.15, -0.1) is 0 Å². The predicted molar refractivity (Wildman–Crippen MR) is 245 cm³/mol. The lowest BCUT2D eigenvalue weighted by Gasteiger charge is -2.31. The van der Waals surface area contributed by atoms with Crippen molar-refractivity contribution in [3.05, 3.63) is 230 Å². The number of hydrogen-bond donors (Lipinski definition) is 0. The van der Waals surface area contributed by atoms with E-state index in [1.54, 1.807) is 0 Å². The van der Waals surface area contributed by atoms with E-state index in [0.29, 0.717) is 0 Å². The van der Waals surface area contributed by atoms with Gasteiger partial charge in [-0.3, -0.25) is 0 Å². The Hall–Kier alpha value is -7.42. The minimum Gasteiger partial charge on any atom is -0.456 e. The van der Waals surface area contributed by atoms with Gasteiger partial charge in [0.2, 0.25) is 0 Å². The van der Waals surface area contributed by atoms with Crippen LogP contribution in [0.25, 0.3) is 76.9 Å². The summed E-state index contributed by atoms with van der Waals surface area (Å²) in [5.41, 5.74) is 13.7. The van der Waals surface area contributed by atoms with Crippen LogP contribution in [0.3, 0.4) is 0 Å². The number of furan rings is 1. The second kappa shape index (κ2) is 14.3. The van der Waals surface area contributed by atoms with Gasteiger partial charge in [-0.1, -0.05) is 176 Å². The molecule has 1 unspecified atom stereocenters. The highest BCUT2D eigenvalue weighted by atomic mass is 16.3. The Bertz CT molecular complexity index is 3230. The van der Waals surface area contributed by atoms with Gasteiger partial charge < -0.3 is 9.32 Å². The Kier molecular flexibility index (Phi) is 8.33. The van der Waals surface area contributed by atoms with Crippen molar-refractivity contribution in [1.29, 1.82) is 0 Å². The largest absolute Gasteiger partial charge is 0.456 e. The first-order valence-electron chi connectivity index (χ1n) is 20.1. The topological polar surface area (TPSA) is 16.4 Å². The van der Waals surface area contributed by atoms with Crippen LogP contribution in [0, 0.1) is 0 Å². The third kappa shape index (κ3) is 5.98. The monoisotopic (exact) mass is 741 g/mol. The van der Waals surface area contributed by atoms with Gasteiger partial charge >= 0.3 is 0 Å². The van der Waals surface area contributed by atoms with Crippen LogP contribution in [0.1, 0.15) is 17.9 Å². The molecule has 0 amide bonds. The molecular formula is C56H39NO. The highest BCUT2D eigenvalue weighted by Crippen LogP contribution is 2.44. The fourth-order valence-corrected chi connectivity index (χ4v) is 8.93. The number of rotatable bonds is 7. The van der Waals surface area contributed by atoms with Crippen LogP contribution in [0.4, 0.5) is 11.4 Å². The van der Waals surface area contributed by atoms with E-state index < -0.39 is 0 Å². The Morgan fingerprint density at radius 2 is 1.10 bits per heavy atom. The van der Waals surface area contributed by atoms with E-state index in [0.717, 1.165) is 40.0 Å². The second-order valence-electron chi connectivity index (χ2n) is 15.2. The summed E-state index contributed by atoms with van der Waals surface area (Å²) in [7, 11) is 0. The average Bonchev–Trinajstić information content (AvgIpc) is 3.68. The third-order valence-corrected chi connectivity index (χ3v) is 11.8. The Morgan fingerprint density at radius 1 is 0.448 bits per heavy atom. The first-order chi connectivity index (χ1) is 28.7. The number of fused-ring (bicyclic) bond motifs is 5. The fraction of sp³-hybridized carbons (Fsp3) is 0.0357. The van der Waals surface area contributed by atoms with Crippen LogP contribution < -0.4 is 4.90 Å². The zero-order valence-electron chi connectivity index (χ0n) is 31.9. The lowest BCUT2D eigenvalue weighted by Crippen LogP contribution is -2.18. The molecule has 11 rings (SSSR count). The van der Waals surface area contributed by atoms with E-state index in [9.17, 15) is 0 Å². The van der Waals surface area contributed by atoms with Gasteiger partial charge in [0.15, 0.2) is 0 Å². The smallest absolute Gasteiger partial charge is 0.139 e. The number of allylic oxidation sites excluding steroid dienone is 3. The molecule has 0 saturated carbocycles. The Labute approximate surface area is 338 Å². The number of anilines is 2. The number of benzene rings is 9. The molecule has 10 aromatic rings. The normalized spacial score (nSPS) is 14.0. The summed E-state index contributed by atoms with van der Waals surface area (Å²) in [6.07, 6.45) is 7.92. The van der Waals surface area contributed by atoms with Crippen LogP contribution in [0.5, 0.6) is 0 Å². The highest BCUT2D eigenvalue weighted by molar-refractivity contribution is 6.06. The van der Waals surface area contributed by atoms with Crippen molar-refractivity contribution in [1.82, 2.24) is 0 Å². The highest BCUT2D eigenvalue weighted by Gasteiger charge is 2.23. The van der Waals surface area contributed by atoms with E-state index in [4.69, 9.17) is 4.42 Å². The van der Waals surface area contributed by atoms with Crippen LogP contribution in [0.15, 0.2) is 229 Å². The van der Waals surface area contributed by atoms with E-state index >= 15 is 0 Å². The SMILES string of the molecule is C1=CC(c2cccc3c2oc2ccccc23)CC=C1N(c1cccc(-c2ccc3ccccc3c2)c1)c1ccccc1-c1cccc(-c2cccc3ccccc23)c1. The summed E-state index contributed by atoms with van der Waals surface area (Å²) in [6.45, 7) is 0. The zero-order chi connectivity index (χ0) is 38.4. The van der Waals surface area contributed by atoms with Crippen molar-refractivity contribution in [3.8, 4) is 33.4 Å². The lowest BCUT2D eigenvalue weighted by atomic mass is 9.89. The summed E-state index contributed by atoms with van der Waals surface area (Å²) >= 11 is 0. The maximum atomic E-state index is 6.50. The molecule has 1 aliphatic rings. The molecule has 9 aromatic carbocycles. The molecule has 1 aliphatic carbocycles. The summed E-state index contributed by atoms with van der Waals surface area (Å²) < 4.78 is 6.50. The fourth-order valence-electron chi connectivity index (χ4n) is 8.93. The third-order valence-electron chi connectivity index (χ3n) is 11.8. The van der Waals surface area contributed by atoms with Gasteiger partial charge in [0.25, 0.3) is 0 Å². The minimum absolute atomic E-state index is 0.186. The van der Waals surface area contributed by atoms with Crippen LogP contribution in [-0.2, 0) is 0 Å². The molecule has 0 radical (unpaired) electrons. The molecule has 1 atom stereocenters. The molecule has 0 spiro atoms. The quantitative estimate of drug-likeness (QED) is 0.162. The zero-order valence-corrected chi connectivity index (χ0v) is 31.9. The molecule has 1 heterocycles. The number of para-hydroxylation sites is 3. The summed E-state index contributed by atoms with van der Waals surface area (Å²) in [5.74, 6) is 0.186. The van der Waals surface area contributed by atoms with Gasteiger partial charge in [-0.25, -0.2) is 0 Å². The van der Waals surface area contributed by atoms with Gasteiger partial charge in [0.1, 0.15) is 11.2 Å². The number of nitrogens with zero attached hydrogens (tertiary/aromatic N) is 1. The molecule has 58 heavy (non-hydrogen) atoms. The minimum atomic E-state index is 0.186. The molecule has 2 heteroatoms. The van der Waals surface area contributed by atoms with E-state index in [1.807, 2.05) is 6.07 Å². The maximum Gasteiger partial charge on any atom is 0.139 e. The van der Waals surface area contributed by atoms with Crippen molar-refractivity contribution >= 4 is 54.9 Å². The molecule has 1 aromatic heterocycles. The standard InChI is InChI=1S/C56H39NO/c1-2-15-41-35-43(30-29-38(41)13-1)42-17-10-20-47(37-42)57(46-33-31-40(32-34-46)51-25-12-26-53-52-23-6-8-28-55(52)58-56(51)53)54-27-7-5-22-50(54)45-19-9-18-44(36-45)49-24-11-16-39-14-3-4-21-48(39)49/h1-31,33-37,40H,32H2. The Balaban J connectivity index is 1.03. The first-order valence-corrected chi connectivity index (χ1v) is 20.1. The molecule has 0 fully saturated rings. The second-order valence-corrected chi connectivity index (χ2v) is 15.2. The van der Waals surface area contributed by atoms with Gasteiger partial charge in [0, 0.05) is 39.2 Å².